The molecule has 0 aliphatic carbocycles. The maximum atomic E-state index is 11.1. The maximum Gasteiger partial charge on any atom is 0.248 e. The Balaban J connectivity index is 2.47. The van der Waals surface area contributed by atoms with Crippen molar-refractivity contribution in [2.24, 2.45) is 0 Å². The molecule has 1 unspecified atom stereocenters. The van der Waals surface area contributed by atoms with Gasteiger partial charge in [-0.1, -0.05) is 18.2 Å². The number of amides is 1. The van der Waals surface area contributed by atoms with E-state index in [0.29, 0.717) is 0 Å². The van der Waals surface area contributed by atoms with Crippen molar-refractivity contribution in [1.29, 1.82) is 0 Å². The Kier molecular flexibility index (Phi) is 1.56. The van der Waals surface area contributed by atoms with Crippen molar-refractivity contribution in [3.05, 3.63) is 29.8 Å². The first-order valence-electron chi connectivity index (χ1n) is 3.62. The van der Waals surface area contributed by atoms with Crippen LogP contribution < -0.4 is 10.8 Å². The highest BCUT2D eigenvalue weighted by Gasteiger charge is 2.29. The molecule has 0 spiro atoms. The molecule has 4 heteroatoms. The number of carbonyl (C=O) groups excluding carboxylic acids is 1. The van der Waals surface area contributed by atoms with E-state index in [9.17, 15) is 4.79 Å². The average Bonchev–Trinajstić information content (AvgIpc) is 2.40. The third-order valence-electron chi connectivity index (χ3n) is 1.92. The van der Waals surface area contributed by atoms with Gasteiger partial charge in [0.05, 0.1) is 0 Å². The van der Waals surface area contributed by atoms with E-state index in [0.717, 1.165) is 11.3 Å². The van der Waals surface area contributed by atoms with Crippen LogP contribution in [0.4, 0.5) is 5.69 Å². The molecule has 1 atom stereocenters. The molecular weight excluding hydrogens is 156 g/mol. The zero-order valence-electron chi connectivity index (χ0n) is 6.24. The highest BCUT2D eigenvalue weighted by molar-refractivity contribution is 6.02. The second-order valence-corrected chi connectivity index (χ2v) is 2.64. The topological polar surface area (TPSA) is 61.4 Å². The molecule has 12 heavy (non-hydrogen) atoms. The summed E-state index contributed by atoms with van der Waals surface area (Å²) in [6.07, 6.45) is 0. The van der Waals surface area contributed by atoms with Gasteiger partial charge >= 0.3 is 0 Å². The fourth-order valence-corrected chi connectivity index (χ4v) is 1.34. The van der Waals surface area contributed by atoms with Crippen molar-refractivity contribution in [2.75, 3.05) is 5.32 Å². The zero-order valence-corrected chi connectivity index (χ0v) is 6.24. The number of fused-ring (bicyclic) bond motifs is 1. The number of anilines is 1. The van der Waals surface area contributed by atoms with Crippen molar-refractivity contribution >= 4 is 11.6 Å². The number of hydroxylamine groups is 1. The molecule has 1 aromatic carbocycles. The predicted molar refractivity (Wildman–Crippen MR) is 42.7 cm³/mol. The first-order chi connectivity index (χ1) is 5.83. The molecule has 1 aliphatic heterocycles. The molecule has 1 amide bonds. The summed E-state index contributed by atoms with van der Waals surface area (Å²) in [7, 11) is 0. The van der Waals surface area contributed by atoms with Crippen LogP contribution in [-0.2, 0) is 4.79 Å². The zero-order chi connectivity index (χ0) is 8.55. The van der Waals surface area contributed by atoms with Gasteiger partial charge in [-0.05, 0) is 6.07 Å². The van der Waals surface area contributed by atoms with Gasteiger partial charge in [-0.25, -0.2) is 0 Å². The molecule has 1 aromatic rings. The van der Waals surface area contributed by atoms with Gasteiger partial charge in [0.25, 0.3) is 0 Å². The average molecular weight is 164 g/mol. The molecule has 0 aromatic heterocycles. The van der Waals surface area contributed by atoms with E-state index in [4.69, 9.17) is 5.21 Å². The first kappa shape index (κ1) is 7.27. The van der Waals surface area contributed by atoms with Crippen LogP contribution in [0.3, 0.4) is 0 Å². The van der Waals surface area contributed by atoms with E-state index in [2.05, 4.69) is 5.32 Å². The summed E-state index contributed by atoms with van der Waals surface area (Å²) in [5.74, 6) is -0.223. The minimum Gasteiger partial charge on any atom is -0.324 e. The molecule has 4 nitrogen and oxygen atoms in total. The van der Waals surface area contributed by atoms with Crippen LogP contribution in [0.5, 0.6) is 0 Å². The lowest BCUT2D eigenvalue weighted by molar-refractivity contribution is -0.120. The lowest BCUT2D eigenvalue weighted by Gasteiger charge is -2.03. The van der Waals surface area contributed by atoms with Gasteiger partial charge in [0.15, 0.2) is 0 Å². The van der Waals surface area contributed by atoms with E-state index < -0.39 is 6.04 Å². The molecule has 0 radical (unpaired) electrons. The molecule has 1 aliphatic rings. The van der Waals surface area contributed by atoms with E-state index in [1.165, 1.54) is 0 Å². The van der Waals surface area contributed by atoms with Crippen LogP contribution >= 0.6 is 0 Å². The van der Waals surface area contributed by atoms with E-state index in [-0.39, 0.29) is 5.91 Å². The van der Waals surface area contributed by atoms with Gasteiger partial charge in [0, 0.05) is 11.3 Å². The molecule has 2 rings (SSSR count). The highest BCUT2D eigenvalue weighted by Crippen LogP contribution is 2.29. The van der Waals surface area contributed by atoms with Gasteiger partial charge in [0.1, 0.15) is 6.04 Å². The summed E-state index contributed by atoms with van der Waals surface area (Å²) in [4.78, 5) is 11.1. The summed E-state index contributed by atoms with van der Waals surface area (Å²) in [5, 5.41) is 11.3. The van der Waals surface area contributed by atoms with Gasteiger partial charge < -0.3 is 10.5 Å². The van der Waals surface area contributed by atoms with E-state index >= 15 is 0 Å². The lowest BCUT2D eigenvalue weighted by atomic mass is 10.1. The van der Waals surface area contributed by atoms with Crippen molar-refractivity contribution in [3.8, 4) is 0 Å². The molecule has 0 fully saturated rings. The second kappa shape index (κ2) is 2.58. The Morgan fingerprint density at radius 1 is 1.42 bits per heavy atom. The highest BCUT2D eigenvalue weighted by atomic mass is 16.5. The largest absolute Gasteiger partial charge is 0.324 e. The summed E-state index contributed by atoms with van der Waals surface area (Å²) >= 11 is 0. The number of benzene rings is 1. The van der Waals surface area contributed by atoms with Crippen LogP contribution in [0.25, 0.3) is 0 Å². The Morgan fingerprint density at radius 3 is 2.92 bits per heavy atom. The van der Waals surface area contributed by atoms with E-state index in [1.807, 2.05) is 17.6 Å². The van der Waals surface area contributed by atoms with Crippen LogP contribution in [0.1, 0.15) is 11.6 Å². The normalized spacial score (nSPS) is 20.4. The minimum absolute atomic E-state index is 0.223. The van der Waals surface area contributed by atoms with Gasteiger partial charge in [0.2, 0.25) is 5.91 Å². The number of hydrogen-bond donors (Lipinski definition) is 3. The quantitative estimate of drug-likeness (QED) is 0.534. The summed E-state index contributed by atoms with van der Waals surface area (Å²) in [6.45, 7) is 0. The van der Waals surface area contributed by atoms with E-state index in [1.54, 1.807) is 12.1 Å². The third-order valence-corrected chi connectivity index (χ3v) is 1.92. The molecule has 62 valence electrons. The van der Waals surface area contributed by atoms with Crippen LogP contribution in [-0.4, -0.2) is 11.1 Å². The van der Waals surface area contributed by atoms with Gasteiger partial charge in [-0.2, -0.15) is 5.48 Å². The number of hydrogen-bond acceptors (Lipinski definition) is 3. The molecule has 0 bridgehead atoms. The summed E-state index contributed by atoms with van der Waals surface area (Å²) in [5.41, 5.74) is 3.50. The van der Waals surface area contributed by atoms with Crippen molar-refractivity contribution < 1.29 is 10.0 Å². The smallest absolute Gasteiger partial charge is 0.248 e. The Morgan fingerprint density at radius 2 is 2.17 bits per heavy atom. The van der Waals surface area contributed by atoms with Gasteiger partial charge in [-0.15, -0.1) is 0 Å². The summed E-state index contributed by atoms with van der Waals surface area (Å²) in [6, 6.07) is 6.62. The number of carbonyl (C=O) groups is 1. The first-order valence-corrected chi connectivity index (χ1v) is 3.62. The van der Waals surface area contributed by atoms with Crippen molar-refractivity contribution in [1.82, 2.24) is 5.48 Å². The molecular formula is C8H8N2O2. The predicted octanol–water partition coefficient (Wildman–Crippen LogP) is 0.659. The fourth-order valence-electron chi connectivity index (χ4n) is 1.34. The van der Waals surface area contributed by atoms with Crippen LogP contribution in [0, 0.1) is 0 Å². The monoisotopic (exact) mass is 164 g/mol. The van der Waals surface area contributed by atoms with Crippen molar-refractivity contribution in [3.63, 3.8) is 0 Å². The second-order valence-electron chi connectivity index (χ2n) is 2.64. The lowest BCUT2D eigenvalue weighted by Crippen LogP contribution is -2.24. The number of nitrogens with one attached hydrogen (secondary N) is 2. The number of rotatable bonds is 1. The SMILES string of the molecule is O=C1Nc2ccccc2C1NO. The summed E-state index contributed by atoms with van der Waals surface area (Å²) < 4.78 is 0. The van der Waals surface area contributed by atoms with Crippen molar-refractivity contribution in [2.45, 2.75) is 6.04 Å². The van der Waals surface area contributed by atoms with Gasteiger partial charge in [-0.3, -0.25) is 4.79 Å². The Labute approximate surface area is 69.2 Å². The Hall–Kier alpha value is -1.39. The standard InChI is InChI=1S/C8H8N2O2/c11-8-7(10-12)5-3-1-2-4-6(5)9-8/h1-4,7,10,12H,(H,9,11). The van der Waals surface area contributed by atoms with Crippen LogP contribution in [0.2, 0.25) is 0 Å². The number of para-hydroxylation sites is 1. The fraction of sp³-hybridized carbons (Fsp3) is 0.125. The van der Waals surface area contributed by atoms with Crippen LogP contribution in [0.15, 0.2) is 24.3 Å². The third kappa shape index (κ3) is 0.895. The molecule has 3 N–H and O–H groups in total. The molecule has 0 saturated carbocycles. The molecule has 0 saturated heterocycles. The maximum absolute atomic E-state index is 11.1. The Bertz CT molecular complexity index is 325. The minimum atomic E-state index is -0.624. The molecule has 1 heterocycles.